The maximum atomic E-state index is 5.93. The summed E-state index contributed by atoms with van der Waals surface area (Å²) in [5.74, 6) is 12.3. The summed E-state index contributed by atoms with van der Waals surface area (Å²) in [6.45, 7) is 15.0. The van der Waals surface area contributed by atoms with Crippen LogP contribution in [0.3, 0.4) is 0 Å². The lowest BCUT2D eigenvalue weighted by Crippen LogP contribution is -2.12. The molecule has 30 nitrogen and oxygen atoms in total. The van der Waals surface area contributed by atoms with Crippen LogP contribution in [0, 0.1) is 61.7 Å². The van der Waals surface area contributed by atoms with Crippen molar-refractivity contribution in [3.05, 3.63) is 118 Å². The summed E-state index contributed by atoms with van der Waals surface area (Å²) in [5, 5.41) is 58.7. The van der Waals surface area contributed by atoms with Gasteiger partial charge in [0.05, 0.1) is 226 Å². The molecule has 5 aromatic heterocycles. The molecule has 0 spiro atoms. The van der Waals surface area contributed by atoms with E-state index in [0.717, 1.165) is 28.5 Å². The molecule has 6 aromatic carbocycles. The molecule has 0 saturated heterocycles. The molecule has 11 rings (SSSR count). The van der Waals surface area contributed by atoms with E-state index in [-0.39, 0.29) is 33.0 Å². The molecular weight excluding hydrogens is 1470 g/mol. The topological polar surface area (TPSA) is 292 Å². The largest absolute Gasteiger partial charge is 0.377 e. The fourth-order valence-corrected chi connectivity index (χ4v) is 13.7. The van der Waals surface area contributed by atoms with Gasteiger partial charge in [-0.25, -0.2) is 23.4 Å². The molecule has 5 heterocycles. The van der Waals surface area contributed by atoms with Crippen LogP contribution in [0.1, 0.15) is 56.3 Å². The van der Waals surface area contributed by atoms with Crippen molar-refractivity contribution < 1.29 is 71.1 Å². The van der Waals surface area contributed by atoms with Crippen molar-refractivity contribution in [1.29, 1.82) is 0 Å². The standard InChI is InChI=1S/C85H105N15O15/c1-6-26-101-36-46-111-51-41-106-31-21-96-61-71(86-91-96)16-11-66-56-77-68(13-18-73-63-98(93-88-73)23-33-108-43-53-113-48-38-103-28-8-3)58-79-70(15-20-75-65-100(95-90-75)25-35-110-45-55-115-50-40-105-30-10-5)60-80-69(14-19-74-64-99(94-89-74)24-34-109-44-54-114-49-39-104-29-9-4)59-78-67(57-76(66)81-82(77)84(79)85(80)83(78)81)12-17-72-62-97(92-87-72)22-32-107-42-52-112-47-37-102-27-7-2/h1-5,56-65H,11-55H2. The van der Waals surface area contributed by atoms with Gasteiger partial charge in [-0.05, 0) is 146 Å². The predicted octanol–water partition coefficient (Wildman–Crippen LogP) is 6.06. The van der Waals surface area contributed by atoms with Crippen LogP contribution in [0.15, 0.2) is 61.3 Å². The minimum absolute atomic E-state index is 0.257. The highest BCUT2D eigenvalue weighted by Gasteiger charge is 2.29. The summed E-state index contributed by atoms with van der Waals surface area (Å²) in [6.07, 6.45) is 43.3. The van der Waals surface area contributed by atoms with Gasteiger partial charge in [-0.3, -0.25) is 0 Å². The average Bonchev–Trinajstić information content (AvgIpc) is 1.52. The van der Waals surface area contributed by atoms with Crippen molar-refractivity contribution in [2.24, 2.45) is 0 Å². The Morgan fingerprint density at radius 3 is 0.530 bits per heavy atom. The molecule has 0 fully saturated rings. The van der Waals surface area contributed by atoms with Crippen LogP contribution >= 0.6 is 0 Å². The van der Waals surface area contributed by atoms with Crippen molar-refractivity contribution in [3.8, 4) is 61.7 Å². The molecule has 30 heteroatoms. The summed E-state index contributed by atoms with van der Waals surface area (Å²) in [4.78, 5) is 0. The van der Waals surface area contributed by atoms with E-state index in [4.69, 9.17) is 129 Å². The third-order valence-electron chi connectivity index (χ3n) is 19.1. The Morgan fingerprint density at radius 2 is 0.365 bits per heavy atom. The molecule has 0 unspecified atom stereocenters. The Bertz CT molecular complexity index is 4120. The number of hydrogen-bond acceptors (Lipinski definition) is 25. The summed E-state index contributed by atoms with van der Waals surface area (Å²) in [5.41, 5.74) is 10.5. The van der Waals surface area contributed by atoms with E-state index in [2.05, 4.69) is 86.0 Å². The lowest BCUT2D eigenvalue weighted by atomic mass is 9.87. The third kappa shape index (κ3) is 27.2. The van der Waals surface area contributed by atoms with Crippen LogP contribution < -0.4 is 0 Å². The summed E-state index contributed by atoms with van der Waals surface area (Å²) in [7, 11) is 0. The highest BCUT2D eigenvalue weighted by molar-refractivity contribution is 6.45. The molecule has 0 radical (unpaired) electrons. The second-order valence-electron chi connectivity index (χ2n) is 27.1. The van der Waals surface area contributed by atoms with Crippen molar-refractivity contribution >= 4 is 53.9 Å². The van der Waals surface area contributed by atoms with E-state index in [9.17, 15) is 0 Å². The molecule has 0 atom stereocenters. The zero-order valence-electron chi connectivity index (χ0n) is 65.8. The van der Waals surface area contributed by atoms with Crippen molar-refractivity contribution in [2.75, 3.05) is 198 Å². The van der Waals surface area contributed by atoms with Crippen LogP contribution in [-0.2, 0) is 168 Å². The summed E-state index contributed by atoms with van der Waals surface area (Å²) in [6, 6.07) is 12.3. The molecule has 0 saturated carbocycles. The van der Waals surface area contributed by atoms with E-state index in [1.807, 2.05) is 54.4 Å². The van der Waals surface area contributed by atoms with Crippen LogP contribution in [0.5, 0.6) is 0 Å². The first-order valence-corrected chi connectivity index (χ1v) is 39.5. The molecule has 11 aromatic rings. The molecule has 0 aliphatic heterocycles. The molecule has 0 N–H and O–H groups in total. The molecular formula is C85H105N15O15. The lowest BCUT2D eigenvalue weighted by molar-refractivity contribution is 0.0181. The number of benzene rings is 5. The summed E-state index contributed by atoms with van der Waals surface area (Å²) >= 11 is 0. The van der Waals surface area contributed by atoms with E-state index in [1.165, 1.54) is 81.7 Å². The number of rotatable bonds is 65. The van der Waals surface area contributed by atoms with E-state index < -0.39 is 0 Å². The number of ether oxygens (including phenoxy) is 15. The van der Waals surface area contributed by atoms with Crippen LogP contribution in [0.2, 0.25) is 0 Å². The molecule has 610 valence electrons. The van der Waals surface area contributed by atoms with Gasteiger partial charge < -0.3 is 71.1 Å². The van der Waals surface area contributed by atoms with Crippen LogP contribution in [0.4, 0.5) is 0 Å². The van der Waals surface area contributed by atoms with Gasteiger partial charge in [-0.15, -0.1) is 57.6 Å². The minimum atomic E-state index is 0.257. The Hall–Kier alpha value is -9.70. The van der Waals surface area contributed by atoms with Crippen molar-refractivity contribution in [1.82, 2.24) is 75.0 Å². The van der Waals surface area contributed by atoms with Gasteiger partial charge in [0.15, 0.2) is 0 Å². The fourth-order valence-electron chi connectivity index (χ4n) is 13.7. The number of hydrogen-bond donors (Lipinski definition) is 0. The highest BCUT2D eigenvalue weighted by atomic mass is 16.6. The molecule has 0 amide bonds. The molecule has 0 aliphatic carbocycles. The maximum Gasteiger partial charge on any atom is 0.107 e. The second kappa shape index (κ2) is 49.3. The zero-order chi connectivity index (χ0) is 79.5. The predicted molar refractivity (Wildman–Crippen MR) is 431 cm³/mol. The Labute approximate surface area is 671 Å². The number of aryl methyl sites for hydroxylation is 10. The molecule has 0 aliphatic rings. The first kappa shape index (κ1) is 86.2. The van der Waals surface area contributed by atoms with Crippen molar-refractivity contribution in [3.63, 3.8) is 0 Å². The maximum absolute atomic E-state index is 5.93. The second-order valence-corrected chi connectivity index (χ2v) is 27.1. The Balaban J connectivity index is 0.916. The Kier molecular flexibility index (Phi) is 36.9. The van der Waals surface area contributed by atoms with Gasteiger partial charge >= 0.3 is 0 Å². The third-order valence-corrected chi connectivity index (χ3v) is 19.1. The minimum Gasteiger partial charge on any atom is -0.377 e. The fraction of sp³-hybridized carbons (Fsp3) is 0.529. The first-order chi connectivity index (χ1) is 56.9. The first-order valence-electron chi connectivity index (χ1n) is 39.5. The smallest absolute Gasteiger partial charge is 0.107 e. The van der Waals surface area contributed by atoms with Gasteiger partial charge in [-0.2, -0.15) is 0 Å². The van der Waals surface area contributed by atoms with Gasteiger partial charge in [0.2, 0.25) is 0 Å². The van der Waals surface area contributed by atoms with Crippen molar-refractivity contribution in [2.45, 2.75) is 96.9 Å². The van der Waals surface area contributed by atoms with Gasteiger partial charge in [0.25, 0.3) is 0 Å². The zero-order valence-corrected chi connectivity index (χ0v) is 65.8. The van der Waals surface area contributed by atoms with E-state index in [0.29, 0.717) is 262 Å². The van der Waals surface area contributed by atoms with Crippen LogP contribution in [0.25, 0.3) is 53.9 Å². The van der Waals surface area contributed by atoms with Crippen LogP contribution in [-0.4, -0.2) is 273 Å². The highest BCUT2D eigenvalue weighted by Crippen LogP contribution is 2.53. The van der Waals surface area contributed by atoms with Gasteiger partial charge in [0.1, 0.15) is 33.0 Å². The van der Waals surface area contributed by atoms with E-state index in [1.54, 1.807) is 0 Å². The molecule has 115 heavy (non-hydrogen) atoms. The van der Waals surface area contributed by atoms with E-state index >= 15 is 0 Å². The molecule has 0 bridgehead atoms. The number of terminal acetylenes is 5. The average molecular weight is 1580 g/mol. The normalized spacial score (nSPS) is 11.8. The lowest BCUT2D eigenvalue weighted by Gasteiger charge is -2.16. The summed E-state index contributed by atoms with van der Waals surface area (Å²) < 4.78 is 93.7. The SMILES string of the molecule is C#CCOCCOCCOCCn1cc(CCc2cc3c(CCc4cn(CCOCCOCCOCC#C)nn4)cc4c(CCc5cn(CCOCCOCCOCC#C)nn5)cc5c(CCc6cn(CCOCCOCCOCC#C)nn6)cc6c(CCc7cn(CCOCCOCCOCC#C)nn7)cc2c2c6c5c4c32)nn1. The van der Waals surface area contributed by atoms with Gasteiger partial charge in [-0.1, -0.05) is 86.0 Å². The number of nitrogens with zero attached hydrogens (tertiary/aromatic N) is 15. The van der Waals surface area contributed by atoms with Gasteiger partial charge in [0, 0.05) is 31.0 Å². The quantitative estimate of drug-likeness (QED) is 0.0237. The Morgan fingerprint density at radius 1 is 0.209 bits per heavy atom. The monoisotopic (exact) mass is 1580 g/mol. The number of aromatic nitrogens is 15.